The predicted octanol–water partition coefficient (Wildman–Crippen LogP) is 1.46. The molecule has 0 aliphatic rings. The molecule has 15 heavy (non-hydrogen) atoms. The largest absolute Gasteiger partial charge is 0.481 e. The van der Waals surface area contributed by atoms with E-state index in [-0.39, 0.29) is 6.42 Å². The molecule has 84 valence electrons. The van der Waals surface area contributed by atoms with Gasteiger partial charge in [0.15, 0.2) is 0 Å². The molecule has 0 saturated carbocycles. The van der Waals surface area contributed by atoms with Crippen LogP contribution in [0.3, 0.4) is 0 Å². The molecule has 1 aromatic heterocycles. The zero-order chi connectivity index (χ0) is 11.1. The van der Waals surface area contributed by atoms with Crippen molar-refractivity contribution >= 4 is 5.97 Å². The van der Waals surface area contributed by atoms with Crippen LogP contribution in [0.5, 0.6) is 0 Å². The molecule has 1 aromatic rings. The summed E-state index contributed by atoms with van der Waals surface area (Å²) < 4.78 is 2.17. The van der Waals surface area contributed by atoms with Crippen molar-refractivity contribution in [3.63, 3.8) is 0 Å². The van der Waals surface area contributed by atoms with E-state index in [0.29, 0.717) is 6.42 Å². The Morgan fingerprint density at radius 1 is 1.60 bits per heavy atom. The molecule has 0 amide bonds. The maximum Gasteiger partial charge on any atom is 0.303 e. The van der Waals surface area contributed by atoms with Crippen LogP contribution in [-0.4, -0.2) is 22.2 Å². The smallest absolute Gasteiger partial charge is 0.303 e. The van der Waals surface area contributed by atoms with Gasteiger partial charge in [-0.15, -0.1) is 0 Å². The Morgan fingerprint density at radius 3 is 3.07 bits per heavy atom. The zero-order valence-electron chi connectivity index (χ0n) is 9.07. The van der Waals surface area contributed by atoms with Crippen LogP contribution in [0.2, 0.25) is 0 Å². The van der Waals surface area contributed by atoms with Crippen LogP contribution in [0.25, 0.3) is 0 Å². The number of hydrogen-bond donors (Lipinski definition) is 2. The molecule has 0 aliphatic carbocycles. The molecule has 0 saturated heterocycles. The first-order valence-electron chi connectivity index (χ1n) is 5.30. The van der Waals surface area contributed by atoms with Gasteiger partial charge < -0.3 is 15.0 Å². The summed E-state index contributed by atoms with van der Waals surface area (Å²) in [6.45, 7) is 4.63. The fraction of sp³-hybridized carbons (Fsp3) is 0.545. The molecule has 0 atom stereocenters. The van der Waals surface area contributed by atoms with Crippen LogP contribution in [0.4, 0.5) is 0 Å². The monoisotopic (exact) mass is 210 g/mol. The van der Waals surface area contributed by atoms with E-state index in [1.54, 1.807) is 0 Å². The Balaban J connectivity index is 2.17. The highest BCUT2D eigenvalue weighted by Gasteiger charge is 1.99. The number of carbonyl (C=O) groups is 1. The van der Waals surface area contributed by atoms with E-state index in [1.807, 2.05) is 12.3 Å². The molecule has 4 nitrogen and oxygen atoms in total. The van der Waals surface area contributed by atoms with Crippen molar-refractivity contribution in [2.24, 2.45) is 0 Å². The molecular formula is C11H18N2O2. The van der Waals surface area contributed by atoms with Crippen molar-refractivity contribution in [2.75, 3.05) is 6.54 Å². The Bertz CT molecular complexity index is 307. The lowest BCUT2D eigenvalue weighted by Crippen LogP contribution is -2.17. The minimum Gasteiger partial charge on any atom is -0.481 e. The second-order valence-electron chi connectivity index (χ2n) is 3.46. The quantitative estimate of drug-likeness (QED) is 0.670. The Labute approximate surface area is 89.9 Å². The number of aromatic nitrogens is 1. The normalized spacial score (nSPS) is 10.5. The summed E-state index contributed by atoms with van der Waals surface area (Å²) in [5, 5.41) is 11.7. The molecule has 0 fully saturated rings. The Hall–Kier alpha value is -1.29. The van der Waals surface area contributed by atoms with Crippen LogP contribution in [0.1, 0.15) is 25.5 Å². The van der Waals surface area contributed by atoms with Crippen LogP contribution < -0.4 is 5.32 Å². The van der Waals surface area contributed by atoms with Crippen LogP contribution >= 0.6 is 0 Å². The van der Waals surface area contributed by atoms with Gasteiger partial charge in [0, 0.05) is 31.4 Å². The van der Waals surface area contributed by atoms with Gasteiger partial charge in [-0.25, -0.2) is 0 Å². The van der Waals surface area contributed by atoms with Crippen molar-refractivity contribution in [2.45, 2.75) is 32.9 Å². The second kappa shape index (κ2) is 6.24. The van der Waals surface area contributed by atoms with E-state index in [4.69, 9.17) is 5.11 Å². The molecule has 0 aliphatic heterocycles. The zero-order valence-corrected chi connectivity index (χ0v) is 9.07. The number of carboxylic acids is 1. The molecule has 4 heteroatoms. The van der Waals surface area contributed by atoms with Crippen molar-refractivity contribution in [3.05, 3.63) is 24.0 Å². The SMILES string of the molecule is CCn1cccc1CNCCCC(=O)O. The fourth-order valence-electron chi connectivity index (χ4n) is 1.50. The first-order chi connectivity index (χ1) is 7.24. The fourth-order valence-corrected chi connectivity index (χ4v) is 1.50. The number of aliphatic carboxylic acids is 1. The number of nitrogens with one attached hydrogen (secondary N) is 1. The summed E-state index contributed by atoms with van der Waals surface area (Å²) >= 11 is 0. The molecule has 0 aromatic carbocycles. The lowest BCUT2D eigenvalue weighted by atomic mass is 10.3. The summed E-state index contributed by atoms with van der Waals surface area (Å²) in [5.41, 5.74) is 1.24. The van der Waals surface area contributed by atoms with Crippen molar-refractivity contribution < 1.29 is 9.90 Å². The Kier molecular flexibility index (Phi) is 4.90. The summed E-state index contributed by atoms with van der Waals surface area (Å²) in [7, 11) is 0. The van der Waals surface area contributed by atoms with Crippen LogP contribution in [-0.2, 0) is 17.9 Å². The maximum absolute atomic E-state index is 10.3. The first kappa shape index (κ1) is 11.8. The van der Waals surface area contributed by atoms with Gasteiger partial charge in [0.25, 0.3) is 0 Å². The Morgan fingerprint density at radius 2 is 2.40 bits per heavy atom. The van der Waals surface area contributed by atoms with E-state index in [2.05, 4.69) is 22.9 Å². The maximum atomic E-state index is 10.3. The van der Waals surface area contributed by atoms with Crippen molar-refractivity contribution in [1.82, 2.24) is 9.88 Å². The third-order valence-corrected chi connectivity index (χ3v) is 2.31. The molecule has 0 bridgehead atoms. The van der Waals surface area contributed by atoms with E-state index < -0.39 is 5.97 Å². The summed E-state index contributed by atoms with van der Waals surface area (Å²) in [6, 6.07) is 4.10. The molecular weight excluding hydrogens is 192 g/mol. The topological polar surface area (TPSA) is 54.3 Å². The first-order valence-corrected chi connectivity index (χ1v) is 5.30. The number of rotatable bonds is 7. The van der Waals surface area contributed by atoms with Gasteiger partial charge in [-0.05, 0) is 32.0 Å². The van der Waals surface area contributed by atoms with Crippen LogP contribution in [0, 0.1) is 0 Å². The van der Waals surface area contributed by atoms with Crippen LogP contribution in [0.15, 0.2) is 18.3 Å². The van der Waals surface area contributed by atoms with Gasteiger partial charge in [-0.2, -0.15) is 0 Å². The van der Waals surface area contributed by atoms with E-state index in [1.165, 1.54) is 5.69 Å². The molecule has 0 radical (unpaired) electrons. The third kappa shape index (κ3) is 4.16. The number of aryl methyl sites for hydroxylation is 1. The van der Waals surface area contributed by atoms with Gasteiger partial charge in [0.1, 0.15) is 0 Å². The second-order valence-corrected chi connectivity index (χ2v) is 3.46. The summed E-state index contributed by atoms with van der Waals surface area (Å²) in [6.07, 6.45) is 2.97. The molecule has 1 heterocycles. The molecule has 1 rings (SSSR count). The lowest BCUT2D eigenvalue weighted by Gasteiger charge is -2.07. The highest BCUT2D eigenvalue weighted by Crippen LogP contribution is 2.01. The predicted molar refractivity (Wildman–Crippen MR) is 58.7 cm³/mol. The average Bonchev–Trinajstić information content (AvgIpc) is 2.64. The van der Waals surface area contributed by atoms with Crippen molar-refractivity contribution in [1.29, 1.82) is 0 Å². The number of carboxylic acid groups (broad SMARTS) is 1. The van der Waals surface area contributed by atoms with Crippen molar-refractivity contribution in [3.8, 4) is 0 Å². The van der Waals surface area contributed by atoms with E-state index in [9.17, 15) is 4.79 Å². The molecule has 0 unspecified atom stereocenters. The van der Waals surface area contributed by atoms with Gasteiger partial charge in [-0.1, -0.05) is 0 Å². The number of hydrogen-bond acceptors (Lipinski definition) is 2. The summed E-state index contributed by atoms with van der Waals surface area (Å²) in [5.74, 6) is -0.728. The van der Waals surface area contributed by atoms with E-state index in [0.717, 1.165) is 19.6 Å². The minimum atomic E-state index is -0.728. The summed E-state index contributed by atoms with van der Waals surface area (Å²) in [4.78, 5) is 10.3. The minimum absolute atomic E-state index is 0.238. The van der Waals surface area contributed by atoms with E-state index >= 15 is 0 Å². The number of nitrogens with zero attached hydrogens (tertiary/aromatic N) is 1. The molecule has 2 N–H and O–H groups in total. The standard InChI is InChI=1S/C11H18N2O2/c1-2-13-8-4-5-10(13)9-12-7-3-6-11(14)15/h4-5,8,12H,2-3,6-7,9H2,1H3,(H,14,15). The van der Waals surface area contributed by atoms with Gasteiger partial charge in [0.2, 0.25) is 0 Å². The lowest BCUT2D eigenvalue weighted by molar-refractivity contribution is -0.137. The highest BCUT2D eigenvalue weighted by molar-refractivity contribution is 5.66. The van der Waals surface area contributed by atoms with Gasteiger partial charge in [-0.3, -0.25) is 4.79 Å². The average molecular weight is 210 g/mol. The van der Waals surface area contributed by atoms with Gasteiger partial charge in [0.05, 0.1) is 0 Å². The third-order valence-electron chi connectivity index (χ3n) is 2.31. The highest BCUT2D eigenvalue weighted by atomic mass is 16.4. The molecule has 0 spiro atoms. The van der Waals surface area contributed by atoms with Gasteiger partial charge >= 0.3 is 5.97 Å².